The number of carbonyl (C=O) groups excluding carboxylic acids is 2. The van der Waals surface area contributed by atoms with Crippen molar-refractivity contribution in [2.75, 3.05) is 26.2 Å². The monoisotopic (exact) mass is 746 g/mol. The van der Waals surface area contributed by atoms with Crippen LogP contribution in [0.4, 0.5) is 27.2 Å². The van der Waals surface area contributed by atoms with Crippen LogP contribution in [0.1, 0.15) is 88.9 Å². The Balaban J connectivity index is 0.914. The number of hydrogen-bond donors (Lipinski definition) is 4. The number of nitrogens with one attached hydrogen (secondary N) is 4. The van der Waals surface area contributed by atoms with Gasteiger partial charge in [-0.05, 0) is 58.8 Å². The first kappa shape index (κ1) is 36.1. The number of aromatic amines is 2. The molecule has 0 radical (unpaired) electrons. The molecule has 14 heteroatoms. The highest BCUT2D eigenvalue weighted by Gasteiger charge is 2.49. The number of benzene rings is 2. The predicted molar refractivity (Wildman–Crippen MR) is 196 cm³/mol. The topological polar surface area (TPSA) is 122 Å². The number of H-pyrrole nitrogens is 2. The number of carbonyl (C=O) groups is 2. The molecule has 54 heavy (non-hydrogen) atoms. The number of piperidine rings is 2. The lowest BCUT2D eigenvalue weighted by Gasteiger charge is -2.33. The molecule has 4 aromatic rings. The number of alkyl halides is 4. The molecule has 0 unspecified atom stereocenters. The van der Waals surface area contributed by atoms with Crippen molar-refractivity contribution in [3.05, 3.63) is 72.6 Å². The lowest BCUT2D eigenvalue weighted by molar-refractivity contribution is -0.0480. The maximum Gasteiger partial charge on any atom is 0.318 e. The lowest BCUT2D eigenvalue weighted by Crippen LogP contribution is -2.49. The third-order valence-corrected chi connectivity index (χ3v) is 12.0. The van der Waals surface area contributed by atoms with Crippen LogP contribution in [0, 0.1) is 10.8 Å². The SMILES string of the molecule is CC1([C@H](NC(=O)N2CCC(F)(F)CC2)c2ncc(-c3ccc(-c4ccc(-c5cnc([C@@H](NC(=O)N6CCC(F)(F)CC6)C6(C)CC6)[nH]5)cc4)cc3)[nH]2)CC1. The molecule has 4 fully saturated rings. The molecule has 2 saturated carbocycles. The Morgan fingerprint density at radius 3 is 1.20 bits per heavy atom. The zero-order valence-corrected chi connectivity index (χ0v) is 30.5. The van der Waals surface area contributed by atoms with Crippen molar-refractivity contribution in [3.63, 3.8) is 0 Å². The van der Waals surface area contributed by atoms with Gasteiger partial charge in [0.05, 0.1) is 35.9 Å². The summed E-state index contributed by atoms with van der Waals surface area (Å²) in [6, 6.07) is 14.9. The van der Waals surface area contributed by atoms with Crippen LogP contribution in [0.2, 0.25) is 0 Å². The molecular weight excluding hydrogens is 700 g/mol. The maximum atomic E-state index is 13.7. The van der Waals surface area contributed by atoms with Crippen LogP contribution in [0.25, 0.3) is 33.6 Å². The van der Waals surface area contributed by atoms with Crippen LogP contribution in [0.3, 0.4) is 0 Å². The predicted octanol–water partition coefficient (Wildman–Crippen LogP) is 8.70. The van der Waals surface area contributed by atoms with Gasteiger partial charge in [-0.3, -0.25) is 0 Å². The lowest BCUT2D eigenvalue weighted by atomic mass is 9.98. The van der Waals surface area contributed by atoms with E-state index in [0.717, 1.165) is 59.3 Å². The van der Waals surface area contributed by atoms with E-state index in [1.807, 2.05) is 48.5 Å². The molecule has 2 aliphatic carbocycles. The smallest absolute Gasteiger partial charge is 0.318 e. The molecule has 0 spiro atoms. The molecule has 2 atom stereocenters. The summed E-state index contributed by atoms with van der Waals surface area (Å²) >= 11 is 0. The summed E-state index contributed by atoms with van der Waals surface area (Å²) in [5, 5.41) is 6.17. The largest absolute Gasteiger partial charge is 0.340 e. The highest BCUT2D eigenvalue weighted by atomic mass is 19.3. The molecule has 2 aromatic carbocycles. The Hall–Kier alpha value is -4.88. The van der Waals surface area contributed by atoms with Crippen LogP contribution in [-0.2, 0) is 0 Å². The van der Waals surface area contributed by atoms with Gasteiger partial charge in [-0.2, -0.15) is 0 Å². The van der Waals surface area contributed by atoms with E-state index in [1.165, 1.54) is 9.80 Å². The van der Waals surface area contributed by atoms with Crippen LogP contribution >= 0.6 is 0 Å². The Kier molecular flexibility index (Phi) is 9.00. The Labute approximate surface area is 311 Å². The number of urea groups is 2. The minimum Gasteiger partial charge on any atom is -0.340 e. The first-order valence-electron chi connectivity index (χ1n) is 18.9. The van der Waals surface area contributed by atoms with Gasteiger partial charge >= 0.3 is 12.1 Å². The molecule has 4 aliphatic rings. The number of halogens is 4. The van der Waals surface area contributed by atoms with E-state index >= 15 is 0 Å². The number of hydrogen-bond acceptors (Lipinski definition) is 4. The summed E-state index contributed by atoms with van der Waals surface area (Å²) in [6.45, 7) is 4.32. The van der Waals surface area contributed by atoms with E-state index in [1.54, 1.807) is 12.4 Å². The molecule has 286 valence electrons. The van der Waals surface area contributed by atoms with Gasteiger partial charge in [0.2, 0.25) is 0 Å². The number of imidazole rings is 2. The van der Waals surface area contributed by atoms with Crippen LogP contribution < -0.4 is 10.6 Å². The van der Waals surface area contributed by atoms with Crippen molar-refractivity contribution in [2.45, 2.75) is 89.1 Å². The van der Waals surface area contributed by atoms with Crippen molar-refractivity contribution < 1.29 is 27.2 Å². The van der Waals surface area contributed by atoms with Gasteiger partial charge in [-0.1, -0.05) is 62.4 Å². The number of nitrogens with zero attached hydrogens (tertiary/aromatic N) is 4. The minimum absolute atomic E-state index is 0.0289. The van der Waals surface area contributed by atoms with E-state index in [0.29, 0.717) is 11.6 Å². The van der Waals surface area contributed by atoms with Crippen molar-refractivity contribution in [1.82, 2.24) is 40.4 Å². The van der Waals surface area contributed by atoms with Gasteiger partial charge < -0.3 is 30.4 Å². The van der Waals surface area contributed by atoms with Crippen molar-refractivity contribution in [1.29, 1.82) is 0 Å². The normalized spacial score (nSPS) is 21.9. The van der Waals surface area contributed by atoms with Gasteiger partial charge in [0.25, 0.3) is 11.8 Å². The first-order chi connectivity index (χ1) is 25.7. The quantitative estimate of drug-likeness (QED) is 0.128. The molecular formula is C40H46F4N8O2. The van der Waals surface area contributed by atoms with Crippen LogP contribution in [0.15, 0.2) is 60.9 Å². The summed E-state index contributed by atoms with van der Waals surface area (Å²) in [5.41, 5.74) is 5.26. The summed E-state index contributed by atoms with van der Waals surface area (Å²) < 4.78 is 54.7. The minimum atomic E-state index is -2.72. The fourth-order valence-electron chi connectivity index (χ4n) is 7.56. The third-order valence-electron chi connectivity index (χ3n) is 12.0. The summed E-state index contributed by atoms with van der Waals surface area (Å²) in [7, 11) is 0. The third kappa shape index (κ3) is 7.56. The van der Waals surface area contributed by atoms with Crippen LogP contribution in [-0.4, -0.2) is 79.8 Å². The van der Waals surface area contributed by atoms with Crippen molar-refractivity contribution in [2.24, 2.45) is 10.8 Å². The fraction of sp³-hybridized carbons (Fsp3) is 0.500. The molecule has 2 saturated heterocycles. The van der Waals surface area contributed by atoms with E-state index < -0.39 is 11.8 Å². The molecule has 2 aromatic heterocycles. The summed E-state index contributed by atoms with van der Waals surface area (Å²) in [4.78, 5) is 45.2. The second kappa shape index (κ2) is 13.5. The maximum absolute atomic E-state index is 13.7. The molecule has 0 bridgehead atoms. The standard InChI is InChI=1S/C40H46F4N8O2/c1-37(11-12-37)31(49-35(53)51-19-15-39(41,42)16-20-51)33-45-23-29(47-33)27-7-3-25(4-8-27)26-5-9-28(10-6-26)30-24-46-34(48-30)32(38(2)13-14-38)50-36(54)52-21-17-40(43,44)18-22-52/h3-10,23-24,31-32H,11-22H2,1-2H3,(H,45,47)(H,46,48)(H,49,53)(H,50,54)/t31-,32-/m1/s1. The summed E-state index contributed by atoms with van der Waals surface area (Å²) in [6.07, 6.45) is 5.98. The zero-order valence-electron chi connectivity index (χ0n) is 30.5. The van der Waals surface area contributed by atoms with Crippen molar-refractivity contribution in [3.8, 4) is 33.6 Å². The molecule has 4 amide bonds. The van der Waals surface area contributed by atoms with Gasteiger partial charge in [0, 0.05) is 51.9 Å². The first-order valence-corrected chi connectivity index (χ1v) is 18.9. The second-order valence-electron chi connectivity index (χ2n) is 16.3. The molecule has 10 nitrogen and oxygen atoms in total. The molecule has 4 heterocycles. The average molecular weight is 747 g/mol. The number of likely N-dealkylation sites (tertiary alicyclic amines) is 2. The van der Waals surface area contributed by atoms with E-state index in [9.17, 15) is 27.2 Å². The van der Waals surface area contributed by atoms with Gasteiger partial charge in [0.1, 0.15) is 11.6 Å². The van der Waals surface area contributed by atoms with E-state index in [2.05, 4.69) is 44.4 Å². The van der Waals surface area contributed by atoms with Gasteiger partial charge in [-0.15, -0.1) is 0 Å². The molecule has 2 aliphatic heterocycles. The second-order valence-corrected chi connectivity index (χ2v) is 16.3. The fourth-order valence-corrected chi connectivity index (χ4v) is 7.56. The number of aromatic nitrogens is 4. The highest BCUT2D eigenvalue weighted by Crippen LogP contribution is 2.55. The van der Waals surface area contributed by atoms with E-state index in [-0.39, 0.29) is 86.8 Å². The van der Waals surface area contributed by atoms with E-state index in [4.69, 9.17) is 0 Å². The van der Waals surface area contributed by atoms with Gasteiger partial charge in [-0.25, -0.2) is 37.1 Å². The summed E-state index contributed by atoms with van der Waals surface area (Å²) in [5.74, 6) is -4.14. The number of amides is 4. The molecule has 4 N–H and O–H groups in total. The van der Waals surface area contributed by atoms with Crippen LogP contribution in [0.5, 0.6) is 0 Å². The average Bonchev–Trinajstić information content (AvgIpc) is 3.93. The number of rotatable bonds is 9. The zero-order chi connectivity index (χ0) is 37.9. The Morgan fingerprint density at radius 1 is 0.574 bits per heavy atom. The highest BCUT2D eigenvalue weighted by molar-refractivity contribution is 5.76. The van der Waals surface area contributed by atoms with Gasteiger partial charge in [0.15, 0.2) is 0 Å². The van der Waals surface area contributed by atoms with Crippen molar-refractivity contribution >= 4 is 12.1 Å². The Bertz CT molecular complexity index is 1840. The molecule has 8 rings (SSSR count). The Morgan fingerprint density at radius 2 is 0.889 bits per heavy atom.